The molecule has 17 heavy (non-hydrogen) atoms. The van der Waals surface area contributed by atoms with E-state index < -0.39 is 0 Å². The summed E-state index contributed by atoms with van der Waals surface area (Å²) in [4.78, 5) is 2.49. The molecule has 2 heterocycles. The van der Waals surface area contributed by atoms with Gasteiger partial charge in [0, 0.05) is 26.7 Å². The smallest absolute Gasteiger partial charge is 0.0597 e. The van der Waals surface area contributed by atoms with E-state index in [1.165, 1.54) is 25.1 Å². The van der Waals surface area contributed by atoms with Gasteiger partial charge in [0.1, 0.15) is 0 Å². The van der Waals surface area contributed by atoms with Crippen LogP contribution in [0.3, 0.4) is 0 Å². The summed E-state index contributed by atoms with van der Waals surface area (Å²) in [5.41, 5.74) is 2.37. The van der Waals surface area contributed by atoms with Gasteiger partial charge in [-0.05, 0) is 44.7 Å². The van der Waals surface area contributed by atoms with Crippen LogP contribution in [0.1, 0.15) is 30.7 Å². The first-order valence-electron chi connectivity index (χ1n) is 6.51. The summed E-state index contributed by atoms with van der Waals surface area (Å²) in [6, 6.07) is 2.16. The fraction of sp³-hybridized carbons (Fsp3) is 0.769. The Labute approximate surface area is 103 Å². The standard InChI is InChI=1S/C13H23N3O/c1-11-8-13(15(2)14-11)10-16-6-3-4-12(9-16)5-7-17/h8,12,17H,3-7,9-10H2,1-2H3. The molecular formula is C13H23N3O. The highest BCUT2D eigenvalue weighted by atomic mass is 16.3. The zero-order valence-corrected chi connectivity index (χ0v) is 10.9. The van der Waals surface area contributed by atoms with Crippen molar-refractivity contribution in [3.63, 3.8) is 0 Å². The van der Waals surface area contributed by atoms with Gasteiger partial charge in [-0.2, -0.15) is 5.10 Å². The molecule has 1 atom stereocenters. The van der Waals surface area contributed by atoms with Gasteiger partial charge in [-0.25, -0.2) is 0 Å². The van der Waals surface area contributed by atoms with Crippen LogP contribution in [0.25, 0.3) is 0 Å². The predicted molar refractivity (Wildman–Crippen MR) is 67.6 cm³/mol. The van der Waals surface area contributed by atoms with Gasteiger partial charge in [0.05, 0.1) is 11.4 Å². The van der Waals surface area contributed by atoms with Crippen molar-refractivity contribution >= 4 is 0 Å². The SMILES string of the molecule is Cc1cc(CN2CCCC(CCO)C2)n(C)n1. The number of nitrogens with zero attached hydrogens (tertiary/aromatic N) is 3. The van der Waals surface area contributed by atoms with E-state index in [2.05, 4.69) is 16.1 Å². The quantitative estimate of drug-likeness (QED) is 0.859. The monoisotopic (exact) mass is 237 g/mol. The van der Waals surface area contributed by atoms with Crippen LogP contribution in [-0.2, 0) is 13.6 Å². The lowest BCUT2D eigenvalue weighted by Gasteiger charge is -2.32. The van der Waals surface area contributed by atoms with Gasteiger partial charge >= 0.3 is 0 Å². The number of aryl methyl sites for hydroxylation is 2. The molecule has 1 fully saturated rings. The number of hydrogen-bond acceptors (Lipinski definition) is 3. The van der Waals surface area contributed by atoms with Gasteiger partial charge in [0.25, 0.3) is 0 Å². The summed E-state index contributed by atoms with van der Waals surface area (Å²) in [6.45, 7) is 5.63. The number of likely N-dealkylation sites (tertiary alicyclic amines) is 1. The number of piperidine rings is 1. The molecule has 1 N–H and O–H groups in total. The van der Waals surface area contributed by atoms with Crippen LogP contribution in [0.2, 0.25) is 0 Å². The van der Waals surface area contributed by atoms with Gasteiger partial charge < -0.3 is 5.11 Å². The minimum absolute atomic E-state index is 0.323. The molecule has 0 saturated carbocycles. The van der Waals surface area contributed by atoms with Gasteiger partial charge in [0.15, 0.2) is 0 Å². The highest BCUT2D eigenvalue weighted by Crippen LogP contribution is 2.20. The third-order valence-corrected chi connectivity index (χ3v) is 3.62. The Hall–Kier alpha value is -0.870. The normalized spacial score (nSPS) is 21.9. The Morgan fingerprint density at radius 2 is 2.35 bits per heavy atom. The molecule has 1 aliphatic heterocycles. The third kappa shape index (κ3) is 3.30. The van der Waals surface area contributed by atoms with E-state index in [-0.39, 0.29) is 0 Å². The fourth-order valence-electron chi connectivity index (χ4n) is 2.75. The molecule has 1 unspecified atom stereocenters. The van der Waals surface area contributed by atoms with Crippen molar-refractivity contribution < 1.29 is 5.11 Å². The highest BCUT2D eigenvalue weighted by Gasteiger charge is 2.20. The van der Waals surface area contributed by atoms with Gasteiger partial charge in [-0.1, -0.05) is 0 Å². The summed E-state index contributed by atoms with van der Waals surface area (Å²) in [5.74, 6) is 0.670. The van der Waals surface area contributed by atoms with E-state index in [0.29, 0.717) is 12.5 Å². The Kier molecular flexibility index (Phi) is 4.18. The molecule has 0 aliphatic carbocycles. The van der Waals surface area contributed by atoms with E-state index in [1.807, 2.05) is 18.7 Å². The van der Waals surface area contributed by atoms with Gasteiger partial charge in [-0.3, -0.25) is 9.58 Å². The lowest BCUT2D eigenvalue weighted by atomic mass is 9.95. The Balaban J connectivity index is 1.92. The average molecular weight is 237 g/mol. The van der Waals surface area contributed by atoms with Crippen LogP contribution >= 0.6 is 0 Å². The first kappa shape index (κ1) is 12.6. The molecule has 1 aliphatic rings. The van der Waals surface area contributed by atoms with Crippen LogP contribution in [0.5, 0.6) is 0 Å². The predicted octanol–water partition coefficient (Wildman–Crippen LogP) is 1.32. The van der Waals surface area contributed by atoms with Crippen LogP contribution in [-0.4, -0.2) is 39.5 Å². The molecule has 4 nitrogen and oxygen atoms in total. The first-order valence-corrected chi connectivity index (χ1v) is 6.51. The topological polar surface area (TPSA) is 41.3 Å². The highest BCUT2D eigenvalue weighted by molar-refractivity contribution is 5.08. The first-order chi connectivity index (χ1) is 8.19. The Morgan fingerprint density at radius 1 is 1.53 bits per heavy atom. The number of aromatic nitrogens is 2. The summed E-state index contributed by atoms with van der Waals surface area (Å²) in [6.07, 6.45) is 3.46. The second kappa shape index (κ2) is 5.65. The van der Waals surface area contributed by atoms with Crippen molar-refractivity contribution in [1.29, 1.82) is 0 Å². The van der Waals surface area contributed by atoms with Crippen LogP contribution in [0.15, 0.2) is 6.07 Å². The number of rotatable bonds is 4. The van der Waals surface area contributed by atoms with Crippen molar-refractivity contribution in [3.05, 3.63) is 17.5 Å². The third-order valence-electron chi connectivity index (χ3n) is 3.62. The lowest BCUT2D eigenvalue weighted by molar-refractivity contribution is 0.140. The Morgan fingerprint density at radius 3 is 3.00 bits per heavy atom. The zero-order valence-electron chi connectivity index (χ0n) is 10.9. The largest absolute Gasteiger partial charge is 0.396 e. The van der Waals surface area contributed by atoms with Crippen molar-refractivity contribution in [2.75, 3.05) is 19.7 Å². The second-order valence-corrected chi connectivity index (χ2v) is 5.16. The minimum atomic E-state index is 0.323. The van der Waals surface area contributed by atoms with E-state index >= 15 is 0 Å². The molecule has 0 aromatic carbocycles. The van der Waals surface area contributed by atoms with Crippen LogP contribution < -0.4 is 0 Å². The molecule has 0 amide bonds. The van der Waals surface area contributed by atoms with E-state index in [9.17, 15) is 0 Å². The van der Waals surface area contributed by atoms with Crippen molar-refractivity contribution in [2.45, 2.75) is 32.7 Å². The van der Waals surface area contributed by atoms with Crippen LogP contribution in [0.4, 0.5) is 0 Å². The lowest BCUT2D eigenvalue weighted by Crippen LogP contribution is -2.35. The van der Waals surface area contributed by atoms with E-state index in [4.69, 9.17) is 5.11 Å². The molecule has 1 saturated heterocycles. The number of hydrogen-bond donors (Lipinski definition) is 1. The maximum atomic E-state index is 9.01. The van der Waals surface area contributed by atoms with Crippen molar-refractivity contribution in [3.8, 4) is 0 Å². The maximum Gasteiger partial charge on any atom is 0.0597 e. The zero-order chi connectivity index (χ0) is 12.3. The molecule has 96 valence electrons. The molecular weight excluding hydrogens is 214 g/mol. The van der Waals surface area contributed by atoms with Gasteiger partial charge in [0.2, 0.25) is 0 Å². The second-order valence-electron chi connectivity index (χ2n) is 5.16. The molecule has 0 bridgehead atoms. The summed E-state index contributed by atoms with van der Waals surface area (Å²) >= 11 is 0. The summed E-state index contributed by atoms with van der Waals surface area (Å²) < 4.78 is 1.98. The van der Waals surface area contributed by atoms with E-state index in [0.717, 1.165) is 25.2 Å². The Bertz CT molecular complexity index is 360. The number of aliphatic hydroxyl groups excluding tert-OH is 1. The minimum Gasteiger partial charge on any atom is -0.396 e. The van der Waals surface area contributed by atoms with E-state index in [1.54, 1.807) is 0 Å². The van der Waals surface area contributed by atoms with Crippen molar-refractivity contribution in [1.82, 2.24) is 14.7 Å². The molecule has 0 radical (unpaired) electrons. The van der Waals surface area contributed by atoms with Crippen molar-refractivity contribution in [2.24, 2.45) is 13.0 Å². The molecule has 2 rings (SSSR count). The maximum absolute atomic E-state index is 9.01. The average Bonchev–Trinajstić information content (AvgIpc) is 2.58. The molecule has 1 aromatic rings. The molecule has 1 aromatic heterocycles. The summed E-state index contributed by atoms with van der Waals surface area (Å²) in [7, 11) is 2.01. The van der Waals surface area contributed by atoms with Crippen LogP contribution in [0, 0.1) is 12.8 Å². The summed E-state index contributed by atoms with van der Waals surface area (Å²) in [5, 5.41) is 13.4. The number of aliphatic hydroxyl groups is 1. The molecule has 4 heteroatoms. The molecule has 0 spiro atoms. The van der Waals surface area contributed by atoms with Gasteiger partial charge in [-0.15, -0.1) is 0 Å². The fourth-order valence-corrected chi connectivity index (χ4v) is 2.75.